The fourth-order valence-corrected chi connectivity index (χ4v) is 1.57. The number of nitrogens with zero attached hydrogens (tertiary/aromatic N) is 2. The standard InChI is InChI=1S/C10H12N2O2/c1-7-12(11-2)10(13)8-5-3-4-6-9(8)14-7/h3-7,10,13H,2H2,1H3. The van der Waals surface area contributed by atoms with E-state index in [1.54, 1.807) is 0 Å². The number of hydrogen-bond acceptors (Lipinski definition) is 4. The molecule has 1 N–H and O–H groups in total. The van der Waals surface area contributed by atoms with E-state index in [9.17, 15) is 5.11 Å². The second-order valence-electron chi connectivity index (χ2n) is 3.15. The Morgan fingerprint density at radius 3 is 2.93 bits per heavy atom. The summed E-state index contributed by atoms with van der Waals surface area (Å²) >= 11 is 0. The average molecular weight is 192 g/mol. The second-order valence-corrected chi connectivity index (χ2v) is 3.15. The Hall–Kier alpha value is -1.55. The van der Waals surface area contributed by atoms with Crippen LogP contribution in [0.25, 0.3) is 0 Å². The Bertz CT molecular complexity index is 354. The van der Waals surface area contributed by atoms with Crippen LogP contribution in [0.15, 0.2) is 29.4 Å². The van der Waals surface area contributed by atoms with Crippen molar-refractivity contribution in [3.63, 3.8) is 0 Å². The van der Waals surface area contributed by atoms with E-state index in [1.165, 1.54) is 5.01 Å². The Labute approximate surface area is 82.4 Å². The fraction of sp³-hybridized carbons (Fsp3) is 0.300. The summed E-state index contributed by atoms with van der Waals surface area (Å²) in [5.74, 6) is 0.701. The first-order valence-electron chi connectivity index (χ1n) is 4.42. The predicted octanol–water partition coefficient (Wildman–Crippen LogP) is 1.33. The normalized spacial score (nSPS) is 25.1. The van der Waals surface area contributed by atoms with Gasteiger partial charge in [-0.2, -0.15) is 5.10 Å². The molecule has 1 aromatic rings. The molecule has 2 rings (SSSR count). The van der Waals surface area contributed by atoms with Crippen molar-refractivity contribution in [1.82, 2.24) is 5.01 Å². The zero-order valence-corrected chi connectivity index (χ0v) is 7.92. The summed E-state index contributed by atoms with van der Waals surface area (Å²) < 4.78 is 5.54. The van der Waals surface area contributed by atoms with Crippen LogP contribution in [-0.2, 0) is 0 Å². The summed E-state index contributed by atoms with van der Waals surface area (Å²) in [5, 5.41) is 15.0. The van der Waals surface area contributed by atoms with Crippen molar-refractivity contribution in [2.45, 2.75) is 19.4 Å². The van der Waals surface area contributed by atoms with Crippen LogP contribution in [0, 0.1) is 0 Å². The minimum atomic E-state index is -0.771. The van der Waals surface area contributed by atoms with Crippen LogP contribution in [0.3, 0.4) is 0 Å². The maximum Gasteiger partial charge on any atom is 0.187 e. The number of fused-ring (bicyclic) bond motifs is 1. The number of ether oxygens (including phenoxy) is 1. The number of aliphatic hydroxyl groups excluding tert-OH is 1. The summed E-state index contributed by atoms with van der Waals surface area (Å²) in [6, 6.07) is 7.36. The highest BCUT2D eigenvalue weighted by Crippen LogP contribution is 2.34. The van der Waals surface area contributed by atoms with Crippen LogP contribution >= 0.6 is 0 Å². The molecule has 0 amide bonds. The van der Waals surface area contributed by atoms with Gasteiger partial charge >= 0.3 is 0 Å². The van der Waals surface area contributed by atoms with Gasteiger partial charge in [-0.3, -0.25) is 0 Å². The molecule has 4 nitrogen and oxygen atoms in total. The largest absolute Gasteiger partial charge is 0.469 e. The summed E-state index contributed by atoms with van der Waals surface area (Å²) in [5.41, 5.74) is 0.720. The van der Waals surface area contributed by atoms with Gasteiger partial charge in [-0.15, -0.1) is 0 Å². The highest BCUT2D eigenvalue weighted by atomic mass is 16.5. The summed E-state index contributed by atoms with van der Waals surface area (Å²) in [6.45, 7) is 5.21. The summed E-state index contributed by atoms with van der Waals surface area (Å²) in [6.07, 6.45) is -1.06. The maximum atomic E-state index is 9.90. The van der Waals surface area contributed by atoms with E-state index in [4.69, 9.17) is 4.74 Å². The predicted molar refractivity (Wildman–Crippen MR) is 52.9 cm³/mol. The third-order valence-electron chi connectivity index (χ3n) is 2.28. The van der Waals surface area contributed by atoms with Gasteiger partial charge in [0, 0.05) is 12.3 Å². The van der Waals surface area contributed by atoms with Crippen LogP contribution in [0.4, 0.5) is 0 Å². The smallest absolute Gasteiger partial charge is 0.187 e. The number of hydrazone groups is 1. The second kappa shape index (κ2) is 3.31. The first-order valence-corrected chi connectivity index (χ1v) is 4.42. The third kappa shape index (κ3) is 1.24. The van der Waals surface area contributed by atoms with E-state index in [2.05, 4.69) is 11.8 Å². The van der Waals surface area contributed by atoms with E-state index in [0.29, 0.717) is 5.75 Å². The van der Waals surface area contributed by atoms with Gasteiger partial charge in [-0.1, -0.05) is 18.2 Å². The minimum absolute atomic E-state index is 0.294. The highest BCUT2D eigenvalue weighted by molar-refractivity contribution is 5.36. The fourth-order valence-electron chi connectivity index (χ4n) is 1.57. The molecular formula is C10H12N2O2. The molecule has 4 heteroatoms. The van der Waals surface area contributed by atoms with Crippen molar-refractivity contribution in [2.24, 2.45) is 5.10 Å². The Morgan fingerprint density at radius 2 is 2.21 bits per heavy atom. The van der Waals surface area contributed by atoms with E-state index in [1.807, 2.05) is 31.2 Å². The molecule has 14 heavy (non-hydrogen) atoms. The van der Waals surface area contributed by atoms with Crippen LogP contribution in [0.1, 0.15) is 18.7 Å². The third-order valence-corrected chi connectivity index (χ3v) is 2.28. The number of para-hydroxylation sites is 1. The molecule has 1 aromatic carbocycles. The molecule has 0 saturated heterocycles. The van der Waals surface area contributed by atoms with Crippen LogP contribution in [-0.4, -0.2) is 23.1 Å². The average Bonchev–Trinajstić information content (AvgIpc) is 2.18. The molecule has 0 radical (unpaired) electrons. The van der Waals surface area contributed by atoms with E-state index in [0.717, 1.165) is 5.56 Å². The van der Waals surface area contributed by atoms with Crippen molar-refractivity contribution >= 4 is 6.72 Å². The lowest BCUT2D eigenvalue weighted by Crippen LogP contribution is -2.40. The van der Waals surface area contributed by atoms with Gasteiger partial charge in [0.05, 0.1) is 0 Å². The van der Waals surface area contributed by atoms with E-state index in [-0.39, 0.29) is 6.23 Å². The minimum Gasteiger partial charge on any atom is -0.469 e. The SMILES string of the molecule is C=NN1C(C)Oc2ccccc2C1O. The van der Waals surface area contributed by atoms with Gasteiger partial charge in [0.15, 0.2) is 12.5 Å². The molecular weight excluding hydrogens is 180 g/mol. The molecule has 2 atom stereocenters. The monoisotopic (exact) mass is 192 g/mol. The van der Waals surface area contributed by atoms with Gasteiger partial charge < -0.3 is 9.84 Å². The van der Waals surface area contributed by atoms with Crippen molar-refractivity contribution in [2.75, 3.05) is 0 Å². The zero-order valence-electron chi connectivity index (χ0n) is 7.92. The van der Waals surface area contributed by atoms with Gasteiger partial charge in [0.1, 0.15) is 5.75 Å². The molecule has 2 unspecified atom stereocenters. The van der Waals surface area contributed by atoms with Gasteiger partial charge in [0.25, 0.3) is 0 Å². The quantitative estimate of drug-likeness (QED) is 0.683. The molecule has 1 aliphatic heterocycles. The molecule has 0 saturated carbocycles. The van der Waals surface area contributed by atoms with Crippen molar-refractivity contribution in [3.05, 3.63) is 29.8 Å². The molecule has 0 bridgehead atoms. The highest BCUT2D eigenvalue weighted by Gasteiger charge is 2.30. The van der Waals surface area contributed by atoms with Crippen LogP contribution < -0.4 is 4.74 Å². The first-order chi connectivity index (χ1) is 6.74. The van der Waals surface area contributed by atoms with Gasteiger partial charge in [-0.25, -0.2) is 5.01 Å². The first kappa shape index (κ1) is 9.02. The molecule has 1 heterocycles. The van der Waals surface area contributed by atoms with Crippen molar-refractivity contribution < 1.29 is 9.84 Å². The summed E-state index contributed by atoms with van der Waals surface area (Å²) in [4.78, 5) is 0. The van der Waals surface area contributed by atoms with Crippen molar-refractivity contribution in [3.8, 4) is 5.75 Å². The summed E-state index contributed by atoms with van der Waals surface area (Å²) in [7, 11) is 0. The van der Waals surface area contributed by atoms with Gasteiger partial charge in [0.2, 0.25) is 0 Å². The topological polar surface area (TPSA) is 45.1 Å². The number of aliphatic hydroxyl groups is 1. The molecule has 0 aliphatic carbocycles. The van der Waals surface area contributed by atoms with Crippen LogP contribution in [0.5, 0.6) is 5.75 Å². The lowest BCUT2D eigenvalue weighted by Gasteiger charge is -2.36. The Balaban J connectivity index is 2.43. The molecule has 0 spiro atoms. The molecule has 74 valence electrons. The molecule has 0 fully saturated rings. The zero-order chi connectivity index (χ0) is 10.1. The number of rotatable bonds is 1. The van der Waals surface area contributed by atoms with Crippen LogP contribution in [0.2, 0.25) is 0 Å². The number of benzene rings is 1. The number of hydrogen-bond donors (Lipinski definition) is 1. The molecule has 0 aromatic heterocycles. The van der Waals surface area contributed by atoms with Crippen molar-refractivity contribution in [1.29, 1.82) is 0 Å². The lowest BCUT2D eigenvalue weighted by atomic mass is 10.1. The molecule has 1 aliphatic rings. The maximum absolute atomic E-state index is 9.90. The van der Waals surface area contributed by atoms with E-state index >= 15 is 0 Å². The lowest BCUT2D eigenvalue weighted by molar-refractivity contribution is -0.103. The Kier molecular flexibility index (Phi) is 2.13. The van der Waals surface area contributed by atoms with Gasteiger partial charge in [-0.05, 0) is 13.0 Å². The Morgan fingerprint density at radius 1 is 1.50 bits per heavy atom. The van der Waals surface area contributed by atoms with E-state index < -0.39 is 6.23 Å².